The van der Waals surface area contributed by atoms with Crippen molar-refractivity contribution in [2.45, 2.75) is 30.2 Å². The molecule has 1 saturated heterocycles. The lowest BCUT2D eigenvalue weighted by molar-refractivity contribution is -0.335. The Balaban J connectivity index is 1.65. The van der Waals surface area contributed by atoms with E-state index >= 15 is 0 Å². The summed E-state index contributed by atoms with van der Waals surface area (Å²) in [6, 6.07) is 6.89. The van der Waals surface area contributed by atoms with Gasteiger partial charge >= 0.3 is 5.97 Å². The van der Waals surface area contributed by atoms with E-state index in [1.807, 2.05) is 0 Å². The molecule has 1 aliphatic rings. The monoisotopic (exact) mass is 450 g/mol. The van der Waals surface area contributed by atoms with Crippen LogP contribution in [0, 0.1) is 0 Å². The predicted octanol–water partition coefficient (Wildman–Crippen LogP) is -0.608. The third kappa shape index (κ3) is 4.47. The van der Waals surface area contributed by atoms with Crippen LogP contribution in [0.2, 0.25) is 0 Å². The molecule has 0 aliphatic carbocycles. The zero-order chi connectivity index (χ0) is 23.6. The molecule has 0 bridgehead atoms. The molecule has 1 fully saturated rings. The summed E-state index contributed by atoms with van der Waals surface area (Å²) < 4.78 is 10.1. The Morgan fingerprint density at radius 2 is 1.59 bits per heavy atom. The third-order valence-corrected chi connectivity index (χ3v) is 5.07. The fourth-order valence-electron chi connectivity index (χ4n) is 3.20. The van der Waals surface area contributed by atoms with Crippen molar-refractivity contribution in [1.82, 2.24) is 0 Å². The molecule has 11 nitrogen and oxygen atoms in total. The molecule has 1 aliphatic heterocycles. The summed E-state index contributed by atoms with van der Waals surface area (Å²) in [6.45, 7) is -0.587. The van der Waals surface area contributed by atoms with Gasteiger partial charge in [0.15, 0.2) is 34.9 Å². The number of carbonyl (C=O) groups excluding carboxylic acids is 1. The van der Waals surface area contributed by atoms with Crippen LogP contribution in [-0.2, 0) is 19.9 Å². The van der Waals surface area contributed by atoms with Crippen LogP contribution < -0.4 is 0 Å². The van der Waals surface area contributed by atoms with Crippen LogP contribution in [0.15, 0.2) is 42.5 Å². The molecule has 3 rings (SSSR count). The Hall–Kier alpha value is -3.35. The summed E-state index contributed by atoms with van der Waals surface area (Å²) in [5.41, 5.74) is -2.40. The van der Waals surface area contributed by atoms with Gasteiger partial charge < -0.3 is 50.3 Å². The Morgan fingerprint density at radius 1 is 0.969 bits per heavy atom. The highest BCUT2D eigenvalue weighted by molar-refractivity contribution is 5.87. The summed E-state index contributed by atoms with van der Waals surface area (Å²) in [5, 5.41) is 79.6. The zero-order valence-corrected chi connectivity index (χ0v) is 16.4. The van der Waals surface area contributed by atoms with E-state index in [-0.39, 0.29) is 17.1 Å². The number of aliphatic hydroxyl groups excluding tert-OH is 3. The maximum absolute atomic E-state index is 11.9. The van der Waals surface area contributed by atoms with E-state index in [0.29, 0.717) is 5.56 Å². The van der Waals surface area contributed by atoms with E-state index in [9.17, 15) is 45.6 Å². The number of rotatable bonds is 5. The number of esters is 1. The summed E-state index contributed by atoms with van der Waals surface area (Å²) in [5.74, 6) is -2.71. The molecule has 8 N–H and O–H groups in total. The molecule has 0 spiro atoms. The lowest BCUT2D eigenvalue weighted by atomic mass is 9.81. The van der Waals surface area contributed by atoms with Crippen molar-refractivity contribution in [2.75, 3.05) is 6.61 Å². The van der Waals surface area contributed by atoms with Crippen LogP contribution in [0.25, 0.3) is 6.08 Å². The van der Waals surface area contributed by atoms with Crippen molar-refractivity contribution < 1.29 is 55.1 Å². The van der Waals surface area contributed by atoms with Gasteiger partial charge in [-0.25, -0.2) is 4.79 Å². The van der Waals surface area contributed by atoms with Gasteiger partial charge in [-0.15, -0.1) is 0 Å². The van der Waals surface area contributed by atoms with Crippen molar-refractivity contribution in [3.8, 4) is 23.0 Å². The van der Waals surface area contributed by atoms with Crippen molar-refractivity contribution in [1.29, 1.82) is 0 Å². The Morgan fingerprint density at radius 3 is 2.22 bits per heavy atom. The molecule has 0 unspecified atom stereocenters. The van der Waals surface area contributed by atoms with Gasteiger partial charge in [0.05, 0.1) is 0 Å². The Labute approximate surface area is 181 Å². The van der Waals surface area contributed by atoms with Crippen LogP contribution in [0.1, 0.15) is 11.1 Å². The maximum atomic E-state index is 11.9. The quantitative estimate of drug-likeness (QED) is 0.164. The van der Waals surface area contributed by atoms with Crippen molar-refractivity contribution in [3.63, 3.8) is 0 Å². The van der Waals surface area contributed by atoms with Crippen LogP contribution in [-0.4, -0.2) is 78.0 Å². The molecule has 0 amide bonds. The van der Waals surface area contributed by atoms with Gasteiger partial charge in [-0.1, -0.05) is 12.1 Å². The van der Waals surface area contributed by atoms with Crippen LogP contribution in [0.5, 0.6) is 23.0 Å². The molecular formula is C21H22O11. The first-order valence-electron chi connectivity index (χ1n) is 9.35. The van der Waals surface area contributed by atoms with Gasteiger partial charge in [-0.3, -0.25) is 0 Å². The van der Waals surface area contributed by atoms with E-state index < -0.39 is 54.3 Å². The second-order valence-electron chi connectivity index (χ2n) is 7.20. The smallest absolute Gasteiger partial charge is 0.330 e. The summed E-state index contributed by atoms with van der Waals surface area (Å²) in [6.07, 6.45) is -4.99. The Bertz CT molecular complexity index is 1020. The first kappa shape index (κ1) is 23.3. The molecule has 0 saturated carbocycles. The van der Waals surface area contributed by atoms with E-state index in [2.05, 4.69) is 0 Å². The zero-order valence-electron chi connectivity index (χ0n) is 16.4. The summed E-state index contributed by atoms with van der Waals surface area (Å²) in [7, 11) is 0. The minimum Gasteiger partial charge on any atom is -0.504 e. The molecule has 32 heavy (non-hydrogen) atoms. The number of benzene rings is 2. The number of ether oxygens (including phenoxy) is 2. The second kappa shape index (κ2) is 9.02. The molecule has 11 heteroatoms. The average Bonchev–Trinajstić information content (AvgIpc) is 2.76. The highest BCUT2D eigenvalue weighted by Gasteiger charge is 2.55. The van der Waals surface area contributed by atoms with Crippen molar-refractivity contribution >= 4 is 12.0 Å². The third-order valence-electron chi connectivity index (χ3n) is 5.07. The number of aromatic hydroxyl groups is 4. The van der Waals surface area contributed by atoms with E-state index in [0.717, 1.165) is 24.3 Å². The van der Waals surface area contributed by atoms with Crippen LogP contribution in [0.3, 0.4) is 0 Å². The molecule has 5 atom stereocenters. The molecule has 2 aromatic carbocycles. The normalized spacial score (nSPS) is 28.0. The fraction of sp³-hybridized carbons (Fsp3) is 0.286. The predicted molar refractivity (Wildman–Crippen MR) is 106 cm³/mol. The fourth-order valence-corrected chi connectivity index (χ4v) is 3.20. The average molecular weight is 450 g/mol. The number of phenolic OH excluding ortho intramolecular Hbond substituents is 4. The lowest BCUT2D eigenvalue weighted by Gasteiger charge is -2.46. The van der Waals surface area contributed by atoms with E-state index in [4.69, 9.17) is 9.47 Å². The largest absolute Gasteiger partial charge is 0.504 e. The molecule has 1 heterocycles. The summed E-state index contributed by atoms with van der Waals surface area (Å²) in [4.78, 5) is 11.9. The van der Waals surface area contributed by atoms with Gasteiger partial charge in [0, 0.05) is 6.08 Å². The highest BCUT2D eigenvalue weighted by Crippen LogP contribution is 2.40. The molecule has 2 aromatic rings. The van der Waals surface area contributed by atoms with Crippen molar-refractivity contribution in [3.05, 3.63) is 53.6 Å². The van der Waals surface area contributed by atoms with Gasteiger partial charge in [0.2, 0.25) is 0 Å². The highest BCUT2D eigenvalue weighted by atomic mass is 16.7. The standard InChI is InChI=1S/C21H22O11/c22-12-4-1-10(7-14(12)24)2-6-17(26)31-9-16-18(27)19(28)21(30,20(29)32-16)11-3-5-13(23)15(25)8-11/h1-8,16,18-20,22-25,27-30H,9H2/b6-2+/t16-,18-,19+,20-,21-/m1/s1. The number of hydrogen-bond acceptors (Lipinski definition) is 11. The lowest BCUT2D eigenvalue weighted by Crippen LogP contribution is -2.64. The van der Waals surface area contributed by atoms with E-state index in [1.54, 1.807) is 0 Å². The molecule has 172 valence electrons. The van der Waals surface area contributed by atoms with Gasteiger partial charge in [-0.2, -0.15) is 0 Å². The second-order valence-corrected chi connectivity index (χ2v) is 7.20. The van der Waals surface area contributed by atoms with Gasteiger partial charge in [0.1, 0.15) is 24.9 Å². The van der Waals surface area contributed by atoms with E-state index in [1.165, 1.54) is 24.3 Å². The number of aliphatic hydroxyl groups is 4. The first-order chi connectivity index (χ1) is 15.0. The number of hydrogen-bond donors (Lipinski definition) is 8. The number of carbonyl (C=O) groups is 1. The molecular weight excluding hydrogens is 428 g/mol. The minimum atomic E-state index is -2.55. The number of phenols is 4. The maximum Gasteiger partial charge on any atom is 0.330 e. The minimum absolute atomic E-state index is 0.234. The van der Waals surface area contributed by atoms with Gasteiger partial charge in [-0.05, 0) is 41.5 Å². The summed E-state index contributed by atoms with van der Waals surface area (Å²) >= 11 is 0. The van der Waals surface area contributed by atoms with Crippen LogP contribution >= 0.6 is 0 Å². The molecule has 0 aromatic heterocycles. The Kier molecular flexibility index (Phi) is 6.57. The molecule has 0 radical (unpaired) electrons. The SMILES string of the molecule is O=C(/C=C/c1ccc(O)c(O)c1)OC[C@H]1O[C@@H](O)[C@@](O)(c2ccc(O)c(O)c2)[C@@H](O)[C@@H]1O. The van der Waals surface area contributed by atoms with Crippen LogP contribution in [0.4, 0.5) is 0 Å². The first-order valence-corrected chi connectivity index (χ1v) is 9.35. The van der Waals surface area contributed by atoms with Gasteiger partial charge in [0.25, 0.3) is 0 Å². The van der Waals surface area contributed by atoms with Crippen molar-refractivity contribution in [2.24, 2.45) is 0 Å². The topological polar surface area (TPSA) is 197 Å².